The summed E-state index contributed by atoms with van der Waals surface area (Å²) in [6.07, 6.45) is 6.68. The lowest BCUT2D eigenvalue weighted by atomic mass is 9.94. The van der Waals surface area contributed by atoms with Crippen molar-refractivity contribution in [1.29, 1.82) is 0 Å². The monoisotopic (exact) mass is 211 g/mol. The summed E-state index contributed by atoms with van der Waals surface area (Å²) in [6, 6.07) is 0. The average molecular weight is 212 g/mol. The molecule has 1 atom stereocenters. The summed E-state index contributed by atoms with van der Waals surface area (Å²) in [4.78, 5) is 0. The highest BCUT2D eigenvalue weighted by Gasteiger charge is 2.11. The van der Waals surface area contributed by atoms with Crippen LogP contribution in [0, 0.1) is 5.92 Å². The molecule has 3 heteroatoms. The molecule has 1 aliphatic heterocycles. The van der Waals surface area contributed by atoms with Crippen molar-refractivity contribution in [3.8, 4) is 0 Å². The van der Waals surface area contributed by atoms with Crippen LogP contribution in [0.3, 0.4) is 0 Å². The van der Waals surface area contributed by atoms with E-state index in [9.17, 15) is 0 Å². The zero-order valence-electron chi connectivity index (χ0n) is 7.52. The maximum absolute atomic E-state index is 5.60. The Bertz CT molecular complexity index is 92.5. The van der Waals surface area contributed by atoms with Crippen LogP contribution in [0.4, 0.5) is 0 Å². The number of halogens is 2. The van der Waals surface area contributed by atoms with E-state index in [0.29, 0.717) is 0 Å². The van der Waals surface area contributed by atoms with Crippen LogP contribution in [0.5, 0.6) is 0 Å². The van der Waals surface area contributed by atoms with E-state index >= 15 is 0 Å². The smallest absolute Gasteiger partial charge is 0.0223 e. The Morgan fingerprint density at radius 3 is 2.75 bits per heavy atom. The van der Waals surface area contributed by atoms with Crippen LogP contribution in [0.2, 0.25) is 0 Å². The zero-order chi connectivity index (χ0) is 7.94. The minimum atomic E-state index is 0. The van der Waals surface area contributed by atoms with E-state index < -0.39 is 0 Å². The minimum Gasteiger partial charge on any atom is -0.316 e. The molecular formula is C9H19Cl2N. The highest BCUT2D eigenvalue weighted by molar-refractivity contribution is 6.17. The van der Waals surface area contributed by atoms with Crippen molar-refractivity contribution < 1.29 is 0 Å². The summed E-state index contributed by atoms with van der Waals surface area (Å²) in [6.45, 7) is 2.47. The lowest BCUT2D eigenvalue weighted by Gasteiger charge is -2.22. The van der Waals surface area contributed by atoms with Gasteiger partial charge in [-0.3, -0.25) is 0 Å². The molecule has 1 nitrogen and oxygen atoms in total. The quantitative estimate of drug-likeness (QED) is 0.558. The number of alkyl halides is 1. The van der Waals surface area contributed by atoms with E-state index in [4.69, 9.17) is 11.6 Å². The molecule has 1 fully saturated rings. The molecule has 0 radical (unpaired) electrons. The lowest BCUT2D eigenvalue weighted by molar-refractivity contribution is 0.350. The van der Waals surface area contributed by atoms with Gasteiger partial charge in [-0.1, -0.05) is 6.42 Å². The van der Waals surface area contributed by atoms with Crippen LogP contribution in [0.25, 0.3) is 0 Å². The van der Waals surface area contributed by atoms with Crippen molar-refractivity contribution in [3.63, 3.8) is 0 Å². The van der Waals surface area contributed by atoms with Crippen molar-refractivity contribution in [2.24, 2.45) is 5.92 Å². The van der Waals surface area contributed by atoms with E-state index in [1.165, 1.54) is 45.2 Å². The number of hydrogen-bond donors (Lipinski definition) is 1. The fraction of sp³-hybridized carbons (Fsp3) is 1.00. The van der Waals surface area contributed by atoms with Gasteiger partial charge in [0.15, 0.2) is 0 Å². The first-order valence-electron chi connectivity index (χ1n) is 4.70. The molecule has 1 saturated heterocycles. The SMILES string of the molecule is Cl.ClCCCCC1CCCNC1. The first-order chi connectivity index (χ1) is 5.43. The molecule has 0 saturated carbocycles. The van der Waals surface area contributed by atoms with Crippen molar-refractivity contribution in [3.05, 3.63) is 0 Å². The Kier molecular flexibility index (Phi) is 8.52. The molecule has 0 bridgehead atoms. The van der Waals surface area contributed by atoms with Gasteiger partial charge in [0.2, 0.25) is 0 Å². The van der Waals surface area contributed by atoms with E-state index in [2.05, 4.69) is 5.32 Å². The van der Waals surface area contributed by atoms with Gasteiger partial charge in [-0.2, -0.15) is 0 Å². The second-order valence-electron chi connectivity index (χ2n) is 3.40. The molecule has 1 aliphatic rings. The Morgan fingerprint density at radius 2 is 2.17 bits per heavy atom. The fourth-order valence-electron chi connectivity index (χ4n) is 1.70. The Morgan fingerprint density at radius 1 is 1.33 bits per heavy atom. The van der Waals surface area contributed by atoms with Crippen LogP contribution in [0.1, 0.15) is 32.1 Å². The van der Waals surface area contributed by atoms with Crippen molar-refractivity contribution in [2.75, 3.05) is 19.0 Å². The fourth-order valence-corrected chi connectivity index (χ4v) is 1.89. The normalized spacial score (nSPS) is 23.2. The van der Waals surface area contributed by atoms with Crippen LogP contribution < -0.4 is 5.32 Å². The van der Waals surface area contributed by atoms with Gasteiger partial charge in [0.1, 0.15) is 0 Å². The summed E-state index contributed by atoms with van der Waals surface area (Å²) >= 11 is 5.60. The standard InChI is InChI=1S/C9H18ClN.ClH/c10-6-2-1-4-9-5-3-7-11-8-9;/h9,11H,1-8H2;1H. The Balaban J connectivity index is 0.00000121. The van der Waals surface area contributed by atoms with Gasteiger partial charge in [0, 0.05) is 5.88 Å². The molecule has 1 N–H and O–H groups in total. The number of piperidine rings is 1. The first kappa shape index (κ1) is 12.5. The van der Waals surface area contributed by atoms with E-state index in [1.807, 2.05) is 0 Å². The van der Waals surface area contributed by atoms with Gasteiger partial charge in [-0.05, 0) is 44.7 Å². The average Bonchev–Trinajstić information content (AvgIpc) is 2.07. The third-order valence-electron chi connectivity index (χ3n) is 2.39. The number of nitrogens with one attached hydrogen (secondary N) is 1. The highest BCUT2D eigenvalue weighted by Crippen LogP contribution is 2.16. The van der Waals surface area contributed by atoms with Crippen LogP contribution in [0.15, 0.2) is 0 Å². The summed E-state index contributed by atoms with van der Waals surface area (Å²) in [5, 5.41) is 3.43. The second-order valence-corrected chi connectivity index (χ2v) is 3.78. The number of rotatable bonds is 4. The molecule has 0 amide bonds. The third-order valence-corrected chi connectivity index (χ3v) is 2.66. The number of hydrogen-bond acceptors (Lipinski definition) is 1. The summed E-state index contributed by atoms with van der Waals surface area (Å²) in [7, 11) is 0. The van der Waals surface area contributed by atoms with E-state index in [0.717, 1.165) is 11.8 Å². The molecule has 0 aromatic carbocycles. The molecule has 12 heavy (non-hydrogen) atoms. The predicted octanol–water partition coefficient (Wildman–Crippen LogP) is 2.82. The Hall–Kier alpha value is 0.540. The Labute approximate surface area is 86.7 Å². The molecule has 0 aromatic heterocycles. The lowest BCUT2D eigenvalue weighted by Crippen LogP contribution is -2.29. The van der Waals surface area contributed by atoms with Gasteiger partial charge in [0.25, 0.3) is 0 Å². The molecule has 0 aromatic rings. The molecule has 1 heterocycles. The van der Waals surface area contributed by atoms with Gasteiger partial charge in [-0.15, -0.1) is 24.0 Å². The maximum atomic E-state index is 5.60. The van der Waals surface area contributed by atoms with Gasteiger partial charge in [-0.25, -0.2) is 0 Å². The highest BCUT2D eigenvalue weighted by atomic mass is 35.5. The molecule has 74 valence electrons. The van der Waals surface area contributed by atoms with Gasteiger partial charge < -0.3 is 5.32 Å². The first-order valence-corrected chi connectivity index (χ1v) is 5.23. The van der Waals surface area contributed by atoms with Crippen LogP contribution in [-0.4, -0.2) is 19.0 Å². The van der Waals surface area contributed by atoms with Crippen molar-refractivity contribution in [1.82, 2.24) is 5.32 Å². The van der Waals surface area contributed by atoms with Gasteiger partial charge >= 0.3 is 0 Å². The third kappa shape index (κ3) is 5.23. The molecular weight excluding hydrogens is 193 g/mol. The summed E-state index contributed by atoms with van der Waals surface area (Å²) in [5.74, 6) is 1.77. The van der Waals surface area contributed by atoms with Crippen molar-refractivity contribution >= 4 is 24.0 Å². The van der Waals surface area contributed by atoms with Crippen molar-refractivity contribution in [2.45, 2.75) is 32.1 Å². The molecule has 0 aliphatic carbocycles. The molecule has 1 rings (SSSR count). The summed E-state index contributed by atoms with van der Waals surface area (Å²) < 4.78 is 0. The second kappa shape index (κ2) is 8.15. The van der Waals surface area contributed by atoms with Gasteiger partial charge in [0.05, 0.1) is 0 Å². The molecule has 1 unspecified atom stereocenters. The summed E-state index contributed by atoms with van der Waals surface area (Å²) in [5.41, 5.74) is 0. The topological polar surface area (TPSA) is 12.0 Å². The zero-order valence-corrected chi connectivity index (χ0v) is 9.09. The van der Waals surface area contributed by atoms with E-state index in [1.54, 1.807) is 0 Å². The van der Waals surface area contributed by atoms with Crippen LogP contribution >= 0.6 is 24.0 Å². The largest absolute Gasteiger partial charge is 0.316 e. The maximum Gasteiger partial charge on any atom is 0.0223 e. The van der Waals surface area contributed by atoms with E-state index in [-0.39, 0.29) is 12.4 Å². The molecule has 0 spiro atoms. The number of unbranched alkanes of at least 4 members (excludes halogenated alkanes) is 1. The minimum absolute atomic E-state index is 0. The van der Waals surface area contributed by atoms with Crippen LogP contribution in [-0.2, 0) is 0 Å². The predicted molar refractivity (Wildman–Crippen MR) is 57.4 cm³/mol.